The van der Waals surface area contributed by atoms with Crippen LogP contribution in [0.1, 0.15) is 26.7 Å². The summed E-state index contributed by atoms with van der Waals surface area (Å²) in [4.78, 5) is 22.6. The summed E-state index contributed by atoms with van der Waals surface area (Å²) in [5, 5.41) is 11.5. The molecule has 110 valence electrons. The van der Waals surface area contributed by atoms with Crippen molar-refractivity contribution in [1.82, 2.24) is 5.32 Å². The van der Waals surface area contributed by atoms with Crippen LogP contribution in [0.25, 0.3) is 0 Å². The van der Waals surface area contributed by atoms with Gasteiger partial charge in [-0.1, -0.05) is 0 Å². The Morgan fingerprint density at radius 2 is 1.84 bits per heavy atom. The average molecular weight is 293 g/mol. The van der Waals surface area contributed by atoms with Crippen molar-refractivity contribution >= 4 is 21.7 Å². The lowest BCUT2D eigenvalue weighted by atomic mass is 10.1. The number of nitrogens with one attached hydrogen (secondary N) is 1. The molecule has 1 rings (SSSR count). The lowest BCUT2D eigenvalue weighted by Crippen LogP contribution is -2.47. The van der Waals surface area contributed by atoms with Crippen LogP contribution >= 0.6 is 0 Å². The van der Waals surface area contributed by atoms with E-state index >= 15 is 0 Å². The van der Waals surface area contributed by atoms with Crippen molar-refractivity contribution in [2.45, 2.75) is 37.5 Å². The van der Waals surface area contributed by atoms with Gasteiger partial charge in [-0.2, -0.15) is 0 Å². The molecule has 0 aromatic heterocycles. The molecule has 0 bridgehead atoms. The fourth-order valence-electron chi connectivity index (χ4n) is 1.60. The smallest absolute Gasteiger partial charge is 0.324 e. The highest BCUT2D eigenvalue weighted by molar-refractivity contribution is 7.94. The van der Waals surface area contributed by atoms with Gasteiger partial charge in [0.1, 0.15) is 5.75 Å². The predicted octanol–water partition coefficient (Wildman–Crippen LogP) is -0.440. The molecule has 0 unspecified atom stereocenters. The molecule has 8 heteroatoms. The second-order valence-electron chi connectivity index (χ2n) is 5.03. The van der Waals surface area contributed by atoms with E-state index in [9.17, 15) is 18.0 Å². The van der Waals surface area contributed by atoms with Crippen LogP contribution in [-0.4, -0.2) is 55.2 Å². The zero-order valence-corrected chi connectivity index (χ0v) is 11.8. The number of hydrogen-bond donors (Lipinski definition) is 2. The first-order valence-corrected chi connectivity index (χ1v) is 7.65. The lowest BCUT2D eigenvalue weighted by molar-refractivity contribution is -0.139. The highest BCUT2D eigenvalue weighted by atomic mass is 32.2. The number of aliphatic carboxylic acids is 1. The second kappa shape index (κ2) is 5.87. The number of carboxylic acids is 1. The molecular weight excluding hydrogens is 274 g/mol. The molecule has 0 aliphatic carbocycles. The van der Waals surface area contributed by atoms with E-state index in [0.29, 0.717) is 26.1 Å². The van der Waals surface area contributed by atoms with Gasteiger partial charge in [0.25, 0.3) is 0 Å². The molecule has 1 amide bonds. The monoisotopic (exact) mass is 293 g/mol. The van der Waals surface area contributed by atoms with Gasteiger partial charge in [-0.25, -0.2) is 8.42 Å². The Morgan fingerprint density at radius 1 is 1.32 bits per heavy atom. The van der Waals surface area contributed by atoms with Crippen molar-refractivity contribution in [2.24, 2.45) is 0 Å². The number of carboxylic acid groups (broad SMARTS) is 1. The van der Waals surface area contributed by atoms with Crippen LogP contribution in [0.5, 0.6) is 0 Å². The Labute approximate surface area is 112 Å². The molecule has 2 N–H and O–H groups in total. The van der Waals surface area contributed by atoms with Crippen LogP contribution in [0.4, 0.5) is 0 Å². The third-order valence-electron chi connectivity index (χ3n) is 3.20. The van der Waals surface area contributed by atoms with Gasteiger partial charge < -0.3 is 15.2 Å². The first kappa shape index (κ1) is 15.9. The number of amides is 1. The van der Waals surface area contributed by atoms with Crippen LogP contribution in [0.15, 0.2) is 0 Å². The number of ether oxygens (including phenoxy) is 1. The Balaban J connectivity index is 2.63. The minimum Gasteiger partial charge on any atom is -0.480 e. The normalized spacial score (nSPS) is 18.0. The van der Waals surface area contributed by atoms with E-state index in [0.717, 1.165) is 13.8 Å². The first-order chi connectivity index (χ1) is 8.67. The summed E-state index contributed by atoms with van der Waals surface area (Å²) in [6.45, 7) is 3.20. The van der Waals surface area contributed by atoms with Gasteiger partial charge >= 0.3 is 5.97 Å². The maximum absolute atomic E-state index is 11.9. The summed E-state index contributed by atoms with van der Waals surface area (Å²) < 4.78 is 26.9. The van der Waals surface area contributed by atoms with Gasteiger partial charge in [-0.05, 0) is 26.7 Å². The molecule has 19 heavy (non-hydrogen) atoms. The van der Waals surface area contributed by atoms with E-state index in [1.54, 1.807) is 0 Å². The molecular formula is C11H19NO6S. The lowest BCUT2D eigenvalue weighted by Gasteiger charge is -2.24. The number of rotatable bonds is 5. The van der Waals surface area contributed by atoms with Crippen molar-refractivity contribution in [3.63, 3.8) is 0 Å². The first-order valence-electron chi connectivity index (χ1n) is 5.99. The van der Waals surface area contributed by atoms with Crippen LogP contribution in [0.2, 0.25) is 0 Å². The minimum atomic E-state index is -4.05. The van der Waals surface area contributed by atoms with Gasteiger partial charge in [0.05, 0.1) is 0 Å². The molecule has 0 saturated carbocycles. The number of carbonyl (C=O) groups excluding carboxylic acids is 1. The maximum atomic E-state index is 11.9. The third kappa shape index (κ3) is 3.90. The number of carbonyl (C=O) groups is 2. The summed E-state index contributed by atoms with van der Waals surface area (Å²) in [7, 11) is -4.05. The molecule has 0 atom stereocenters. The third-order valence-corrected chi connectivity index (χ3v) is 5.57. The molecule has 0 aromatic carbocycles. The predicted molar refractivity (Wildman–Crippen MR) is 67.5 cm³/mol. The summed E-state index contributed by atoms with van der Waals surface area (Å²) in [5.41, 5.74) is 0. The van der Waals surface area contributed by atoms with Crippen molar-refractivity contribution in [2.75, 3.05) is 19.0 Å². The minimum absolute atomic E-state index is 0.107. The van der Waals surface area contributed by atoms with E-state index in [-0.39, 0.29) is 6.04 Å². The van der Waals surface area contributed by atoms with Gasteiger partial charge in [0, 0.05) is 19.3 Å². The van der Waals surface area contributed by atoms with E-state index in [4.69, 9.17) is 9.84 Å². The standard InChI is InChI=1S/C11H19NO6S/c1-11(2,10(14)15)19(16,17)7-9(13)12-8-3-5-18-6-4-8/h8H,3-7H2,1-2H3,(H,12,13)(H,14,15). The van der Waals surface area contributed by atoms with Gasteiger partial charge in [0.15, 0.2) is 14.6 Å². The van der Waals surface area contributed by atoms with Gasteiger partial charge in [0.2, 0.25) is 5.91 Å². The van der Waals surface area contributed by atoms with Crippen LogP contribution in [0, 0.1) is 0 Å². The maximum Gasteiger partial charge on any atom is 0.324 e. The zero-order chi connectivity index (χ0) is 14.7. The molecule has 0 aromatic rings. The molecule has 0 spiro atoms. The summed E-state index contributed by atoms with van der Waals surface area (Å²) in [6.07, 6.45) is 1.27. The summed E-state index contributed by atoms with van der Waals surface area (Å²) in [5.74, 6) is -2.95. The molecule has 1 saturated heterocycles. The zero-order valence-electron chi connectivity index (χ0n) is 11.0. The Bertz CT molecular complexity index is 450. The van der Waals surface area contributed by atoms with Crippen molar-refractivity contribution in [1.29, 1.82) is 0 Å². The fourth-order valence-corrected chi connectivity index (χ4v) is 2.65. The van der Waals surface area contributed by atoms with E-state index < -0.39 is 32.2 Å². The van der Waals surface area contributed by atoms with E-state index in [2.05, 4.69) is 5.32 Å². The highest BCUT2D eigenvalue weighted by Crippen LogP contribution is 2.17. The quantitative estimate of drug-likeness (QED) is 0.711. The van der Waals surface area contributed by atoms with Crippen molar-refractivity contribution in [3.8, 4) is 0 Å². The Hall–Kier alpha value is -1.15. The van der Waals surface area contributed by atoms with Crippen LogP contribution in [-0.2, 0) is 24.2 Å². The Morgan fingerprint density at radius 3 is 2.32 bits per heavy atom. The summed E-state index contributed by atoms with van der Waals surface area (Å²) >= 11 is 0. The molecule has 1 fully saturated rings. The van der Waals surface area contributed by atoms with Crippen molar-refractivity contribution < 1.29 is 27.9 Å². The van der Waals surface area contributed by atoms with Crippen molar-refractivity contribution in [3.05, 3.63) is 0 Å². The fraction of sp³-hybridized carbons (Fsp3) is 0.818. The molecule has 7 nitrogen and oxygen atoms in total. The molecule has 1 heterocycles. The second-order valence-corrected chi connectivity index (χ2v) is 7.57. The molecule has 1 aliphatic rings. The number of hydrogen-bond acceptors (Lipinski definition) is 5. The topological polar surface area (TPSA) is 110 Å². The number of sulfone groups is 1. The van der Waals surface area contributed by atoms with E-state index in [1.807, 2.05) is 0 Å². The summed E-state index contributed by atoms with van der Waals surface area (Å²) in [6, 6.07) is -0.107. The van der Waals surface area contributed by atoms with Gasteiger partial charge in [-0.3, -0.25) is 9.59 Å². The Kier molecular flexibility index (Phi) is 4.92. The van der Waals surface area contributed by atoms with Crippen LogP contribution < -0.4 is 5.32 Å². The van der Waals surface area contributed by atoms with Gasteiger partial charge in [-0.15, -0.1) is 0 Å². The average Bonchev–Trinajstić information content (AvgIpc) is 2.28. The van der Waals surface area contributed by atoms with E-state index in [1.165, 1.54) is 0 Å². The molecule has 0 radical (unpaired) electrons. The highest BCUT2D eigenvalue weighted by Gasteiger charge is 2.43. The SMILES string of the molecule is CC(C)(C(=O)O)S(=O)(=O)CC(=O)NC1CCOCC1. The molecule has 1 aliphatic heterocycles. The largest absolute Gasteiger partial charge is 0.480 e. The van der Waals surface area contributed by atoms with Crippen LogP contribution in [0.3, 0.4) is 0 Å².